The number of aryl methyl sites for hydroxylation is 1. The van der Waals surface area contributed by atoms with Crippen molar-refractivity contribution in [3.05, 3.63) is 39.5 Å². The van der Waals surface area contributed by atoms with Gasteiger partial charge in [0.05, 0.1) is 30.5 Å². The van der Waals surface area contributed by atoms with Crippen molar-refractivity contribution in [3.8, 4) is 0 Å². The number of amides is 2. The molecule has 0 radical (unpaired) electrons. The summed E-state index contributed by atoms with van der Waals surface area (Å²) in [5, 5.41) is 6.29. The van der Waals surface area contributed by atoms with E-state index in [1.165, 1.54) is 23.5 Å². The maximum absolute atomic E-state index is 12.9. The molecule has 1 aromatic rings. The maximum Gasteiger partial charge on any atom is 0.432 e. The number of hydrogen-bond acceptors (Lipinski definition) is 9. The first kappa shape index (κ1) is 23.6. The fraction of sp³-hybridized carbons (Fsp3) is 0.526. The summed E-state index contributed by atoms with van der Waals surface area (Å²) in [5.74, 6) is -0.564. The third-order valence-corrected chi connectivity index (χ3v) is 6.38. The standard InChI is InChI=1S/C19H23F3N6O4S/c1-10-14(33-9-26-10)17(30)27-4-5-31-8-12(27)7-25-16(29)13-3-2-11(6-24-13)15(23)28-18(32-28)19(20,21)22/h2-3,9,12,15,18,24H,4-8,23H2,1H3,(H,25,29)/t12-,15?,18-,28?/m0/s1. The van der Waals surface area contributed by atoms with Gasteiger partial charge in [0.25, 0.3) is 18.0 Å². The molecule has 4 atom stereocenters. The zero-order valence-corrected chi connectivity index (χ0v) is 18.4. The first-order chi connectivity index (χ1) is 15.7. The van der Waals surface area contributed by atoms with E-state index in [-0.39, 0.29) is 37.3 Å². The van der Waals surface area contributed by atoms with Crippen LogP contribution in [0.2, 0.25) is 0 Å². The molecular formula is C19H23F3N6O4S. The predicted molar refractivity (Wildman–Crippen MR) is 110 cm³/mol. The molecule has 4 N–H and O–H groups in total. The van der Waals surface area contributed by atoms with Crippen molar-refractivity contribution in [2.24, 2.45) is 5.73 Å². The fourth-order valence-electron chi connectivity index (χ4n) is 3.57. The van der Waals surface area contributed by atoms with E-state index in [2.05, 4.69) is 20.5 Å². The van der Waals surface area contributed by atoms with Gasteiger partial charge in [0.15, 0.2) is 0 Å². The topological polar surface area (TPSA) is 125 Å². The Kier molecular flexibility index (Phi) is 6.72. The molecule has 2 amide bonds. The van der Waals surface area contributed by atoms with E-state index in [9.17, 15) is 22.8 Å². The van der Waals surface area contributed by atoms with E-state index in [1.807, 2.05) is 0 Å². The van der Waals surface area contributed by atoms with Crippen molar-refractivity contribution in [3.63, 3.8) is 0 Å². The number of rotatable bonds is 6. The number of morpholine rings is 1. The van der Waals surface area contributed by atoms with Crippen LogP contribution in [0.15, 0.2) is 28.9 Å². The van der Waals surface area contributed by atoms with Crippen molar-refractivity contribution < 1.29 is 32.3 Å². The molecule has 0 aromatic carbocycles. The number of carbonyl (C=O) groups excluding carboxylic acids is 2. The Morgan fingerprint density at radius 2 is 2.21 bits per heavy atom. The summed E-state index contributed by atoms with van der Waals surface area (Å²) in [7, 11) is 0. The summed E-state index contributed by atoms with van der Waals surface area (Å²) in [6.45, 7) is 3.12. The van der Waals surface area contributed by atoms with Crippen LogP contribution in [-0.4, -0.2) is 84.2 Å². The molecule has 2 fully saturated rings. The molecule has 0 aliphatic carbocycles. The highest BCUT2D eigenvalue weighted by Crippen LogP contribution is 2.38. The lowest BCUT2D eigenvalue weighted by atomic mass is 10.1. The van der Waals surface area contributed by atoms with E-state index in [4.69, 9.17) is 10.5 Å². The minimum atomic E-state index is -4.52. The number of nitrogens with zero attached hydrogens (tertiary/aromatic N) is 3. The van der Waals surface area contributed by atoms with Gasteiger partial charge in [0.2, 0.25) is 0 Å². The van der Waals surface area contributed by atoms with Crippen LogP contribution >= 0.6 is 11.3 Å². The van der Waals surface area contributed by atoms with Crippen molar-refractivity contribution in [2.75, 3.05) is 32.8 Å². The lowest BCUT2D eigenvalue weighted by molar-refractivity contribution is -0.148. The summed E-state index contributed by atoms with van der Waals surface area (Å²) >= 11 is 1.27. The number of allylic oxidation sites excluding steroid dienone is 2. The maximum atomic E-state index is 12.9. The normalized spacial score (nSPS) is 26.1. The van der Waals surface area contributed by atoms with Crippen LogP contribution in [-0.2, 0) is 14.4 Å². The Morgan fingerprint density at radius 1 is 1.42 bits per heavy atom. The molecule has 180 valence electrons. The Bertz CT molecular complexity index is 981. The summed E-state index contributed by atoms with van der Waals surface area (Å²) in [6, 6.07) is -0.348. The zero-order valence-electron chi connectivity index (χ0n) is 17.6. The van der Waals surface area contributed by atoms with Crippen LogP contribution in [0.1, 0.15) is 15.4 Å². The quantitative estimate of drug-likeness (QED) is 0.487. The number of carbonyl (C=O) groups is 2. The number of nitrogens with two attached hydrogens (primary N) is 1. The highest BCUT2D eigenvalue weighted by atomic mass is 32.1. The number of hydrogen-bond donors (Lipinski definition) is 3. The zero-order chi connectivity index (χ0) is 23.8. The lowest BCUT2D eigenvalue weighted by Gasteiger charge is -2.35. The van der Waals surface area contributed by atoms with Gasteiger partial charge in [-0.3, -0.25) is 14.4 Å². The van der Waals surface area contributed by atoms with Gasteiger partial charge < -0.3 is 26.0 Å². The SMILES string of the molecule is Cc1ncsc1C(=O)N1CCOC[C@@H]1CNC(=O)C1=CC=C(C(N)N2O[C@H]2C(F)(F)F)CN1. The fourth-order valence-corrected chi connectivity index (χ4v) is 4.32. The van der Waals surface area contributed by atoms with Gasteiger partial charge in [-0.2, -0.15) is 13.2 Å². The number of aromatic nitrogens is 1. The highest BCUT2D eigenvalue weighted by Gasteiger charge is 2.59. The Balaban J connectivity index is 1.33. The average Bonchev–Trinajstić information content (AvgIpc) is 3.51. The van der Waals surface area contributed by atoms with Crippen molar-refractivity contribution in [2.45, 2.75) is 31.5 Å². The molecule has 3 aliphatic rings. The van der Waals surface area contributed by atoms with Gasteiger partial charge >= 0.3 is 6.18 Å². The number of halogens is 3. The molecule has 14 heteroatoms. The van der Waals surface area contributed by atoms with Gasteiger partial charge in [-0.1, -0.05) is 6.08 Å². The summed E-state index contributed by atoms with van der Waals surface area (Å²) in [5.41, 5.74) is 8.77. The van der Waals surface area contributed by atoms with Gasteiger partial charge in [0, 0.05) is 19.6 Å². The Labute approximate surface area is 191 Å². The van der Waals surface area contributed by atoms with Crippen LogP contribution in [0.5, 0.6) is 0 Å². The minimum Gasteiger partial charge on any atom is -0.377 e. The van der Waals surface area contributed by atoms with Crippen LogP contribution in [0.3, 0.4) is 0 Å². The van der Waals surface area contributed by atoms with Crippen molar-refractivity contribution in [1.29, 1.82) is 0 Å². The van der Waals surface area contributed by atoms with Crippen molar-refractivity contribution in [1.82, 2.24) is 25.6 Å². The molecule has 0 bridgehead atoms. The highest BCUT2D eigenvalue weighted by molar-refractivity contribution is 7.11. The number of thiazole rings is 1. The molecule has 2 unspecified atom stereocenters. The Morgan fingerprint density at radius 3 is 2.82 bits per heavy atom. The monoisotopic (exact) mass is 488 g/mol. The second kappa shape index (κ2) is 9.38. The number of alkyl halides is 3. The second-order valence-corrected chi connectivity index (χ2v) is 8.54. The predicted octanol–water partition coefficient (Wildman–Crippen LogP) is 0.243. The largest absolute Gasteiger partial charge is 0.432 e. The first-order valence-electron chi connectivity index (χ1n) is 10.2. The summed E-state index contributed by atoms with van der Waals surface area (Å²) in [4.78, 5) is 36.3. The van der Waals surface area contributed by atoms with Crippen LogP contribution in [0.25, 0.3) is 0 Å². The molecule has 3 aliphatic heterocycles. The Hall–Kier alpha value is -2.52. The minimum absolute atomic E-state index is 0.0899. The second-order valence-electron chi connectivity index (χ2n) is 7.68. The van der Waals surface area contributed by atoms with Gasteiger partial charge in [-0.25, -0.2) is 4.98 Å². The summed E-state index contributed by atoms with van der Waals surface area (Å²) in [6.07, 6.45) is -4.67. The molecule has 0 saturated carbocycles. The average molecular weight is 488 g/mol. The van der Waals surface area contributed by atoms with E-state index in [0.717, 1.165) is 0 Å². The molecule has 33 heavy (non-hydrogen) atoms. The van der Waals surface area contributed by atoms with E-state index in [0.29, 0.717) is 34.4 Å². The van der Waals surface area contributed by atoms with E-state index >= 15 is 0 Å². The molecular weight excluding hydrogens is 465 g/mol. The molecule has 2 saturated heterocycles. The first-order valence-corrected chi connectivity index (χ1v) is 11.0. The van der Waals surface area contributed by atoms with Crippen LogP contribution < -0.4 is 16.4 Å². The van der Waals surface area contributed by atoms with Crippen molar-refractivity contribution >= 4 is 23.2 Å². The van der Waals surface area contributed by atoms with Crippen LogP contribution in [0, 0.1) is 6.92 Å². The molecule has 0 spiro atoms. The third kappa shape index (κ3) is 5.19. The number of hydroxylamine groups is 2. The number of nitrogens with one attached hydrogen (secondary N) is 2. The number of dihydropyridines is 1. The van der Waals surface area contributed by atoms with Crippen LogP contribution in [0.4, 0.5) is 13.2 Å². The smallest absolute Gasteiger partial charge is 0.377 e. The molecule has 4 rings (SSSR count). The third-order valence-electron chi connectivity index (χ3n) is 5.46. The van der Waals surface area contributed by atoms with Gasteiger partial charge in [-0.05, 0) is 18.6 Å². The van der Waals surface area contributed by atoms with E-state index < -0.39 is 24.5 Å². The summed E-state index contributed by atoms with van der Waals surface area (Å²) < 4.78 is 43.4. The van der Waals surface area contributed by atoms with E-state index in [1.54, 1.807) is 17.3 Å². The lowest BCUT2D eigenvalue weighted by Crippen LogP contribution is -2.54. The molecule has 4 heterocycles. The molecule has 1 aromatic heterocycles. The van der Waals surface area contributed by atoms with Gasteiger partial charge in [-0.15, -0.1) is 16.4 Å². The van der Waals surface area contributed by atoms with Gasteiger partial charge in [0.1, 0.15) is 16.7 Å². The molecule has 10 nitrogen and oxygen atoms in total. The number of ether oxygens (including phenoxy) is 1.